The number of fused-ring (bicyclic) bond motifs is 1. The summed E-state index contributed by atoms with van der Waals surface area (Å²) in [5.41, 5.74) is 4.21. The number of aliphatic imine (C=N–C) groups is 1. The van der Waals surface area contributed by atoms with Gasteiger partial charge in [-0.1, -0.05) is 24.3 Å². The molecule has 1 aliphatic heterocycles. The normalized spacial score (nSPS) is 13.8. The number of methoxy groups -OCH3 is 1. The highest BCUT2D eigenvalue weighted by atomic mass is 16.5. The predicted molar refractivity (Wildman–Crippen MR) is 78.7 cm³/mol. The van der Waals surface area contributed by atoms with E-state index in [0.717, 1.165) is 41.4 Å². The molecule has 0 saturated heterocycles. The molecule has 0 radical (unpaired) electrons. The van der Waals surface area contributed by atoms with Crippen molar-refractivity contribution >= 4 is 17.1 Å². The summed E-state index contributed by atoms with van der Waals surface area (Å²) in [5.74, 6) is 0.876. The van der Waals surface area contributed by atoms with Gasteiger partial charge in [-0.25, -0.2) is 0 Å². The highest BCUT2D eigenvalue weighted by molar-refractivity contribution is 6.05. The van der Waals surface area contributed by atoms with Crippen LogP contribution in [0, 0.1) is 0 Å². The summed E-state index contributed by atoms with van der Waals surface area (Å²) >= 11 is 0. The molecule has 0 fully saturated rings. The van der Waals surface area contributed by atoms with Crippen molar-refractivity contribution in [1.82, 2.24) is 0 Å². The van der Waals surface area contributed by atoms with Gasteiger partial charge >= 0.3 is 0 Å². The Morgan fingerprint density at radius 1 is 1.05 bits per heavy atom. The van der Waals surface area contributed by atoms with E-state index in [1.165, 1.54) is 0 Å². The highest BCUT2D eigenvalue weighted by Gasteiger charge is 2.13. The summed E-state index contributed by atoms with van der Waals surface area (Å²) in [6.45, 7) is 0.883. The SMILES string of the molecule is COc1ccccc1C1=Nc2ccccc2NCC1. The Labute approximate surface area is 113 Å². The molecule has 0 spiro atoms. The Kier molecular flexibility index (Phi) is 3.19. The lowest BCUT2D eigenvalue weighted by Crippen LogP contribution is -2.08. The van der Waals surface area contributed by atoms with Crippen LogP contribution in [-0.4, -0.2) is 19.4 Å². The van der Waals surface area contributed by atoms with E-state index in [4.69, 9.17) is 9.73 Å². The first-order valence-electron chi connectivity index (χ1n) is 6.42. The number of nitrogens with one attached hydrogen (secondary N) is 1. The molecule has 1 heterocycles. The van der Waals surface area contributed by atoms with Gasteiger partial charge in [-0.05, 0) is 24.3 Å². The lowest BCUT2D eigenvalue weighted by molar-refractivity contribution is 0.414. The second kappa shape index (κ2) is 5.14. The summed E-state index contributed by atoms with van der Waals surface area (Å²) in [6.07, 6.45) is 0.884. The summed E-state index contributed by atoms with van der Waals surface area (Å²) in [4.78, 5) is 4.79. The van der Waals surface area contributed by atoms with E-state index >= 15 is 0 Å². The van der Waals surface area contributed by atoms with Crippen molar-refractivity contribution < 1.29 is 4.74 Å². The Morgan fingerprint density at radius 3 is 2.74 bits per heavy atom. The lowest BCUT2D eigenvalue weighted by Gasteiger charge is -2.09. The van der Waals surface area contributed by atoms with Crippen LogP contribution in [0.5, 0.6) is 5.75 Å². The average molecular weight is 252 g/mol. The van der Waals surface area contributed by atoms with Gasteiger partial charge in [0.05, 0.1) is 24.2 Å². The van der Waals surface area contributed by atoms with Crippen LogP contribution in [0.4, 0.5) is 11.4 Å². The van der Waals surface area contributed by atoms with Gasteiger partial charge in [-0.15, -0.1) is 0 Å². The molecule has 0 bridgehead atoms. The van der Waals surface area contributed by atoms with Crippen LogP contribution < -0.4 is 10.1 Å². The fourth-order valence-corrected chi connectivity index (χ4v) is 2.32. The molecule has 0 unspecified atom stereocenters. The Bertz CT molecular complexity index is 620. The number of anilines is 1. The molecule has 0 atom stereocenters. The minimum absolute atomic E-state index is 0.876. The molecule has 0 aromatic heterocycles. The smallest absolute Gasteiger partial charge is 0.127 e. The van der Waals surface area contributed by atoms with Crippen molar-refractivity contribution in [2.45, 2.75) is 6.42 Å². The first kappa shape index (κ1) is 11.8. The standard InChI is InChI=1S/C16H16N2O/c1-19-16-9-5-2-6-12(16)13-10-11-17-14-7-3-4-8-15(14)18-13/h2-9,17H,10-11H2,1H3. The van der Waals surface area contributed by atoms with Gasteiger partial charge in [0.2, 0.25) is 0 Å². The molecule has 0 amide bonds. The summed E-state index contributed by atoms with van der Waals surface area (Å²) in [6, 6.07) is 16.2. The zero-order chi connectivity index (χ0) is 13.1. The molecule has 3 nitrogen and oxygen atoms in total. The third kappa shape index (κ3) is 2.32. The molecule has 1 aliphatic rings. The molecule has 1 N–H and O–H groups in total. The van der Waals surface area contributed by atoms with Gasteiger partial charge in [0, 0.05) is 18.5 Å². The quantitative estimate of drug-likeness (QED) is 0.885. The van der Waals surface area contributed by atoms with Crippen molar-refractivity contribution in [2.75, 3.05) is 19.0 Å². The van der Waals surface area contributed by atoms with Gasteiger partial charge in [-0.2, -0.15) is 0 Å². The number of ether oxygens (including phenoxy) is 1. The molecule has 3 rings (SSSR count). The number of rotatable bonds is 2. The highest BCUT2D eigenvalue weighted by Crippen LogP contribution is 2.30. The van der Waals surface area contributed by atoms with Gasteiger partial charge in [0.1, 0.15) is 5.75 Å². The molecule has 0 aliphatic carbocycles. The van der Waals surface area contributed by atoms with E-state index in [0.29, 0.717) is 0 Å². The van der Waals surface area contributed by atoms with E-state index in [-0.39, 0.29) is 0 Å². The average Bonchev–Trinajstić information content (AvgIpc) is 2.69. The minimum atomic E-state index is 0.876. The van der Waals surface area contributed by atoms with Gasteiger partial charge in [-0.3, -0.25) is 4.99 Å². The number of benzene rings is 2. The van der Waals surface area contributed by atoms with Crippen molar-refractivity contribution in [3.8, 4) is 5.75 Å². The van der Waals surface area contributed by atoms with E-state index in [1.807, 2.05) is 36.4 Å². The van der Waals surface area contributed by atoms with Gasteiger partial charge in [0.25, 0.3) is 0 Å². The topological polar surface area (TPSA) is 33.6 Å². The molecule has 3 heteroatoms. The van der Waals surface area contributed by atoms with Crippen LogP contribution >= 0.6 is 0 Å². The molecule has 2 aromatic rings. The molecule has 96 valence electrons. The lowest BCUT2D eigenvalue weighted by atomic mass is 10.1. The number of hydrogen-bond acceptors (Lipinski definition) is 3. The fraction of sp³-hybridized carbons (Fsp3) is 0.188. The van der Waals surface area contributed by atoms with Crippen molar-refractivity contribution in [3.05, 3.63) is 54.1 Å². The second-order valence-electron chi connectivity index (χ2n) is 4.45. The van der Waals surface area contributed by atoms with E-state index in [9.17, 15) is 0 Å². The van der Waals surface area contributed by atoms with Crippen LogP contribution in [0.2, 0.25) is 0 Å². The number of hydrogen-bond donors (Lipinski definition) is 1. The monoisotopic (exact) mass is 252 g/mol. The molecule has 0 saturated carbocycles. The Morgan fingerprint density at radius 2 is 1.84 bits per heavy atom. The van der Waals surface area contributed by atoms with Gasteiger partial charge in [0.15, 0.2) is 0 Å². The summed E-state index contributed by atoms with van der Waals surface area (Å²) in [7, 11) is 1.70. The van der Waals surface area contributed by atoms with Crippen LogP contribution in [0.3, 0.4) is 0 Å². The Balaban J connectivity index is 2.08. The van der Waals surface area contributed by atoms with Crippen LogP contribution in [0.1, 0.15) is 12.0 Å². The Hall–Kier alpha value is -2.29. The minimum Gasteiger partial charge on any atom is -0.496 e. The van der Waals surface area contributed by atoms with Crippen LogP contribution in [0.15, 0.2) is 53.5 Å². The maximum atomic E-state index is 5.43. The van der Waals surface area contributed by atoms with Crippen LogP contribution in [-0.2, 0) is 0 Å². The van der Waals surface area contributed by atoms with Crippen molar-refractivity contribution in [3.63, 3.8) is 0 Å². The first-order valence-corrected chi connectivity index (χ1v) is 6.42. The molecule has 2 aromatic carbocycles. The van der Waals surface area contributed by atoms with Crippen molar-refractivity contribution in [2.24, 2.45) is 4.99 Å². The largest absolute Gasteiger partial charge is 0.496 e. The fourth-order valence-electron chi connectivity index (χ4n) is 2.32. The zero-order valence-electron chi connectivity index (χ0n) is 10.9. The van der Waals surface area contributed by atoms with Gasteiger partial charge < -0.3 is 10.1 Å². The third-order valence-electron chi connectivity index (χ3n) is 3.25. The van der Waals surface area contributed by atoms with E-state index in [2.05, 4.69) is 17.4 Å². The van der Waals surface area contributed by atoms with Crippen molar-refractivity contribution in [1.29, 1.82) is 0 Å². The molecular weight excluding hydrogens is 236 g/mol. The maximum Gasteiger partial charge on any atom is 0.127 e. The van der Waals surface area contributed by atoms with E-state index in [1.54, 1.807) is 7.11 Å². The van der Waals surface area contributed by atoms with Crippen LogP contribution in [0.25, 0.3) is 0 Å². The summed E-state index contributed by atoms with van der Waals surface area (Å²) in [5, 5.41) is 3.41. The zero-order valence-corrected chi connectivity index (χ0v) is 10.9. The van der Waals surface area contributed by atoms with E-state index < -0.39 is 0 Å². The summed E-state index contributed by atoms with van der Waals surface area (Å²) < 4.78 is 5.43. The maximum absolute atomic E-state index is 5.43. The third-order valence-corrected chi connectivity index (χ3v) is 3.25. The first-order chi connectivity index (χ1) is 9.38. The molecule has 19 heavy (non-hydrogen) atoms. The second-order valence-corrected chi connectivity index (χ2v) is 4.45. The molecular formula is C16H16N2O. The number of para-hydroxylation sites is 3. The predicted octanol–water partition coefficient (Wildman–Crippen LogP) is 3.63. The number of nitrogens with zero attached hydrogens (tertiary/aromatic N) is 1.